The number of hydrogen-bond donors (Lipinski definition) is 1. The van der Waals surface area contributed by atoms with Crippen LogP contribution in [0, 0.1) is 0 Å². The number of hydrogen-bond acceptors (Lipinski definition) is 5. The molecule has 26 heavy (non-hydrogen) atoms. The molecule has 0 spiro atoms. The van der Waals surface area contributed by atoms with Crippen molar-refractivity contribution in [3.63, 3.8) is 0 Å². The second-order valence-corrected chi connectivity index (χ2v) is 8.83. The molecule has 0 bridgehead atoms. The summed E-state index contributed by atoms with van der Waals surface area (Å²) in [5.74, 6) is 0.322. The van der Waals surface area contributed by atoms with Crippen LogP contribution in [0.15, 0.2) is 35.6 Å². The number of rotatable bonds is 5. The number of carbonyl (C=O) groups excluding carboxylic acids is 1. The molecule has 1 amide bonds. The van der Waals surface area contributed by atoms with Gasteiger partial charge >= 0.3 is 0 Å². The van der Waals surface area contributed by atoms with Crippen LogP contribution in [0.3, 0.4) is 0 Å². The normalized spacial score (nSPS) is 14.4. The molecule has 0 radical (unpaired) electrons. The minimum absolute atomic E-state index is 0.0129. The van der Waals surface area contributed by atoms with Crippen molar-refractivity contribution in [1.82, 2.24) is 15.3 Å². The van der Waals surface area contributed by atoms with Gasteiger partial charge in [-0.25, -0.2) is 9.97 Å². The topological polar surface area (TPSA) is 54.9 Å². The van der Waals surface area contributed by atoms with Gasteiger partial charge in [0.2, 0.25) is 5.91 Å². The first-order valence-electron chi connectivity index (χ1n) is 8.54. The number of thioether (sulfide) groups is 1. The fourth-order valence-corrected chi connectivity index (χ4v) is 5.61. The summed E-state index contributed by atoms with van der Waals surface area (Å²) in [6.07, 6.45) is 5.03. The van der Waals surface area contributed by atoms with Crippen LogP contribution < -0.4 is 5.32 Å². The van der Waals surface area contributed by atoms with E-state index in [1.165, 1.54) is 28.6 Å². The molecule has 1 N–H and O–H groups in total. The summed E-state index contributed by atoms with van der Waals surface area (Å²) >= 11 is 9.28. The Morgan fingerprint density at radius 1 is 1.38 bits per heavy atom. The fourth-order valence-electron chi connectivity index (χ4n) is 3.29. The molecule has 1 aliphatic carbocycles. The average molecular weight is 404 g/mol. The maximum Gasteiger partial charge on any atom is 0.230 e. The minimum atomic E-state index is -0.0855. The van der Waals surface area contributed by atoms with E-state index in [-0.39, 0.29) is 11.9 Å². The van der Waals surface area contributed by atoms with Gasteiger partial charge in [-0.15, -0.1) is 11.3 Å². The van der Waals surface area contributed by atoms with Crippen LogP contribution >= 0.6 is 34.7 Å². The number of nitrogens with one attached hydrogen (secondary N) is 1. The smallest absolute Gasteiger partial charge is 0.230 e. The number of nitrogens with zero attached hydrogens (tertiary/aromatic N) is 2. The first kappa shape index (κ1) is 17.8. The van der Waals surface area contributed by atoms with E-state index in [0.717, 1.165) is 33.6 Å². The zero-order valence-corrected chi connectivity index (χ0v) is 16.7. The summed E-state index contributed by atoms with van der Waals surface area (Å²) in [7, 11) is 0. The second kappa shape index (κ2) is 7.55. The molecule has 4 nitrogen and oxygen atoms in total. The Hall–Kier alpha value is -1.63. The zero-order chi connectivity index (χ0) is 18.1. The molecule has 1 aromatic carbocycles. The van der Waals surface area contributed by atoms with Crippen LogP contribution in [-0.4, -0.2) is 21.6 Å². The molecule has 1 atom stereocenters. The largest absolute Gasteiger partial charge is 0.349 e. The molecule has 1 aliphatic rings. The van der Waals surface area contributed by atoms with E-state index < -0.39 is 0 Å². The number of carbonyl (C=O) groups is 1. The molecule has 4 rings (SSSR count). The maximum absolute atomic E-state index is 12.4. The molecule has 2 heterocycles. The van der Waals surface area contributed by atoms with Crippen molar-refractivity contribution in [1.29, 1.82) is 0 Å². The molecule has 0 aliphatic heterocycles. The Balaban J connectivity index is 1.44. The zero-order valence-electron chi connectivity index (χ0n) is 14.3. The maximum atomic E-state index is 12.4. The van der Waals surface area contributed by atoms with Crippen LogP contribution in [0.5, 0.6) is 0 Å². The predicted octanol–water partition coefficient (Wildman–Crippen LogP) is 4.80. The fraction of sp³-hybridized carbons (Fsp3) is 0.316. The predicted molar refractivity (Wildman–Crippen MR) is 108 cm³/mol. The lowest BCUT2D eigenvalue weighted by molar-refractivity contribution is -0.119. The van der Waals surface area contributed by atoms with E-state index >= 15 is 0 Å². The number of fused-ring (bicyclic) bond motifs is 3. The molecule has 3 aromatic rings. The highest BCUT2D eigenvalue weighted by molar-refractivity contribution is 8.00. The van der Waals surface area contributed by atoms with E-state index in [1.54, 1.807) is 17.7 Å². The van der Waals surface area contributed by atoms with Crippen molar-refractivity contribution in [2.45, 2.75) is 37.3 Å². The van der Waals surface area contributed by atoms with E-state index in [0.29, 0.717) is 10.8 Å². The third kappa shape index (κ3) is 3.59. The molecule has 2 aromatic heterocycles. The van der Waals surface area contributed by atoms with Gasteiger partial charge in [-0.3, -0.25) is 4.79 Å². The number of halogens is 1. The summed E-state index contributed by atoms with van der Waals surface area (Å²) in [5, 5.41) is 5.78. The summed E-state index contributed by atoms with van der Waals surface area (Å²) in [5.41, 5.74) is 2.39. The van der Waals surface area contributed by atoms with E-state index in [9.17, 15) is 4.79 Å². The number of aromatic nitrogens is 2. The van der Waals surface area contributed by atoms with Crippen molar-refractivity contribution in [2.75, 3.05) is 5.75 Å². The highest BCUT2D eigenvalue weighted by Gasteiger charge is 2.21. The monoisotopic (exact) mass is 403 g/mol. The number of aryl methyl sites for hydroxylation is 2. The molecule has 0 unspecified atom stereocenters. The van der Waals surface area contributed by atoms with Crippen LogP contribution in [0.25, 0.3) is 10.2 Å². The van der Waals surface area contributed by atoms with Gasteiger partial charge in [-0.1, -0.05) is 35.5 Å². The second-order valence-electron chi connectivity index (χ2n) is 6.35. The molecule has 0 saturated heterocycles. The Labute approximate surface area is 165 Å². The first-order chi connectivity index (χ1) is 12.6. The Bertz CT molecular complexity index is 973. The quantitative estimate of drug-likeness (QED) is 0.491. The van der Waals surface area contributed by atoms with Gasteiger partial charge < -0.3 is 5.32 Å². The Kier molecular flexibility index (Phi) is 5.16. The van der Waals surface area contributed by atoms with Crippen LogP contribution in [0.2, 0.25) is 5.02 Å². The van der Waals surface area contributed by atoms with Crippen molar-refractivity contribution in [2.24, 2.45) is 0 Å². The Morgan fingerprint density at radius 2 is 2.27 bits per heavy atom. The molecule has 7 heteroatoms. The number of amides is 1. The van der Waals surface area contributed by atoms with Gasteiger partial charge in [0.25, 0.3) is 0 Å². The van der Waals surface area contributed by atoms with E-state index in [1.807, 2.05) is 31.2 Å². The number of benzene rings is 1. The SMILES string of the molecule is C[C@@H](NC(=O)CSc1ncnc2sc3c(c12)CCC3)c1cccc(Cl)c1. The van der Waals surface area contributed by atoms with Crippen LogP contribution in [0.4, 0.5) is 0 Å². The number of thiophene rings is 1. The van der Waals surface area contributed by atoms with Crippen LogP contribution in [0.1, 0.15) is 35.4 Å². The van der Waals surface area contributed by atoms with Crippen molar-refractivity contribution in [3.8, 4) is 0 Å². The minimum Gasteiger partial charge on any atom is -0.349 e. The summed E-state index contributed by atoms with van der Waals surface area (Å²) < 4.78 is 0. The molecular weight excluding hydrogens is 386 g/mol. The third-order valence-electron chi connectivity index (χ3n) is 4.53. The first-order valence-corrected chi connectivity index (χ1v) is 10.7. The molecule has 0 fully saturated rings. The van der Waals surface area contributed by atoms with E-state index in [4.69, 9.17) is 11.6 Å². The van der Waals surface area contributed by atoms with Gasteiger partial charge in [0, 0.05) is 15.3 Å². The lowest BCUT2D eigenvalue weighted by atomic mass is 10.1. The van der Waals surface area contributed by atoms with Crippen molar-refractivity contribution >= 4 is 50.8 Å². The van der Waals surface area contributed by atoms with Gasteiger partial charge in [-0.2, -0.15) is 0 Å². The van der Waals surface area contributed by atoms with Crippen LogP contribution in [-0.2, 0) is 17.6 Å². The van der Waals surface area contributed by atoms with Gasteiger partial charge in [0.15, 0.2) is 0 Å². The van der Waals surface area contributed by atoms with Gasteiger partial charge in [0.1, 0.15) is 16.2 Å². The molecule has 0 saturated carbocycles. The van der Waals surface area contributed by atoms with Crippen molar-refractivity contribution < 1.29 is 4.79 Å². The molecular formula is C19H18ClN3OS2. The third-order valence-corrected chi connectivity index (χ3v) is 6.96. The summed E-state index contributed by atoms with van der Waals surface area (Å²) in [6.45, 7) is 1.96. The highest BCUT2D eigenvalue weighted by Crippen LogP contribution is 2.39. The van der Waals surface area contributed by atoms with E-state index in [2.05, 4.69) is 15.3 Å². The summed E-state index contributed by atoms with van der Waals surface area (Å²) in [6, 6.07) is 7.48. The Morgan fingerprint density at radius 3 is 3.12 bits per heavy atom. The van der Waals surface area contributed by atoms with Gasteiger partial charge in [-0.05, 0) is 49.4 Å². The van der Waals surface area contributed by atoms with Gasteiger partial charge in [0.05, 0.1) is 11.8 Å². The standard InChI is InChI=1S/C19H18ClN3OS2/c1-11(12-4-2-5-13(20)8-12)23-16(24)9-25-18-17-14-6-3-7-15(14)26-19(17)22-10-21-18/h2,4-5,8,10-11H,3,6-7,9H2,1H3,(H,23,24)/t11-/m1/s1. The summed E-state index contributed by atoms with van der Waals surface area (Å²) in [4.78, 5) is 23.7. The lowest BCUT2D eigenvalue weighted by Gasteiger charge is -2.14. The average Bonchev–Trinajstić information content (AvgIpc) is 3.20. The molecule has 134 valence electrons. The lowest BCUT2D eigenvalue weighted by Crippen LogP contribution is -2.28. The van der Waals surface area contributed by atoms with Crippen molar-refractivity contribution in [3.05, 3.63) is 51.6 Å². The highest BCUT2D eigenvalue weighted by atomic mass is 35.5.